The Morgan fingerprint density at radius 2 is 2.00 bits per heavy atom. The predicted octanol–water partition coefficient (Wildman–Crippen LogP) is 3.33. The predicted molar refractivity (Wildman–Crippen MR) is 95.5 cm³/mol. The molecule has 0 saturated carbocycles. The summed E-state index contributed by atoms with van der Waals surface area (Å²) < 4.78 is 16.3. The summed E-state index contributed by atoms with van der Waals surface area (Å²) in [7, 11) is 4.87. The highest BCUT2D eigenvalue weighted by Crippen LogP contribution is 2.29. The molecule has 0 radical (unpaired) electrons. The minimum Gasteiger partial charge on any atom is -0.497 e. The Bertz CT molecular complexity index is 813. The first-order chi connectivity index (χ1) is 11.8. The highest BCUT2D eigenvalue weighted by Gasteiger charge is 2.25. The SMILES string of the molecule is COc1ccc(C=NN(C)c2oc(C(C)(C)C)nc2C#N)c(OC)c1. The number of anilines is 1. The monoisotopic (exact) mass is 342 g/mol. The number of hydrogen-bond donors (Lipinski definition) is 0. The minimum absolute atomic E-state index is 0.200. The van der Waals surface area contributed by atoms with Gasteiger partial charge in [-0.05, 0) is 12.1 Å². The van der Waals surface area contributed by atoms with E-state index in [0.29, 0.717) is 23.3 Å². The van der Waals surface area contributed by atoms with Crippen LogP contribution in [0, 0.1) is 11.3 Å². The highest BCUT2D eigenvalue weighted by molar-refractivity contribution is 5.84. The summed E-state index contributed by atoms with van der Waals surface area (Å²) in [6.07, 6.45) is 1.62. The van der Waals surface area contributed by atoms with Crippen molar-refractivity contribution in [2.45, 2.75) is 26.2 Å². The molecule has 1 aromatic heterocycles. The molecule has 25 heavy (non-hydrogen) atoms. The molecule has 2 aromatic rings. The van der Waals surface area contributed by atoms with Gasteiger partial charge in [-0.25, -0.2) is 5.01 Å². The third-order valence-electron chi connectivity index (χ3n) is 3.46. The molecule has 132 valence electrons. The average Bonchev–Trinajstić information content (AvgIpc) is 3.04. The maximum Gasteiger partial charge on any atom is 0.254 e. The number of hydrazone groups is 1. The Morgan fingerprint density at radius 1 is 1.28 bits per heavy atom. The Kier molecular flexibility index (Phi) is 5.32. The van der Waals surface area contributed by atoms with Crippen molar-refractivity contribution in [1.29, 1.82) is 5.26 Å². The molecule has 0 fully saturated rings. The third-order valence-corrected chi connectivity index (χ3v) is 3.46. The van der Waals surface area contributed by atoms with Gasteiger partial charge in [0.15, 0.2) is 0 Å². The zero-order chi connectivity index (χ0) is 18.6. The van der Waals surface area contributed by atoms with Gasteiger partial charge in [-0.1, -0.05) is 20.8 Å². The average molecular weight is 342 g/mol. The van der Waals surface area contributed by atoms with Crippen molar-refractivity contribution < 1.29 is 13.9 Å². The number of ether oxygens (including phenoxy) is 2. The summed E-state index contributed by atoms with van der Waals surface area (Å²) in [6.45, 7) is 5.90. The van der Waals surface area contributed by atoms with Gasteiger partial charge < -0.3 is 13.9 Å². The van der Waals surface area contributed by atoms with Crippen molar-refractivity contribution >= 4 is 12.1 Å². The van der Waals surface area contributed by atoms with E-state index in [-0.39, 0.29) is 11.1 Å². The third kappa shape index (κ3) is 4.10. The first kappa shape index (κ1) is 18.3. The number of benzene rings is 1. The second-order valence-electron chi connectivity index (χ2n) is 6.41. The van der Waals surface area contributed by atoms with Gasteiger partial charge in [0, 0.05) is 24.1 Å². The molecule has 0 atom stereocenters. The molecule has 7 nitrogen and oxygen atoms in total. The molecule has 7 heteroatoms. The molecule has 0 bridgehead atoms. The summed E-state index contributed by atoms with van der Waals surface area (Å²) in [5, 5.41) is 15.1. The van der Waals surface area contributed by atoms with E-state index in [9.17, 15) is 5.26 Å². The fraction of sp³-hybridized carbons (Fsp3) is 0.389. The van der Waals surface area contributed by atoms with Gasteiger partial charge in [0.2, 0.25) is 11.6 Å². The topological polar surface area (TPSA) is 83.9 Å². The summed E-state index contributed by atoms with van der Waals surface area (Å²) >= 11 is 0. The zero-order valence-corrected chi connectivity index (χ0v) is 15.3. The van der Waals surface area contributed by atoms with Crippen LogP contribution in [0.25, 0.3) is 0 Å². The van der Waals surface area contributed by atoms with Crippen LogP contribution in [0.3, 0.4) is 0 Å². The van der Waals surface area contributed by atoms with E-state index < -0.39 is 0 Å². The zero-order valence-electron chi connectivity index (χ0n) is 15.3. The van der Waals surface area contributed by atoms with Gasteiger partial charge in [0.1, 0.15) is 17.6 Å². The van der Waals surface area contributed by atoms with Crippen molar-refractivity contribution in [3.05, 3.63) is 35.3 Å². The van der Waals surface area contributed by atoms with Crippen LogP contribution in [0.5, 0.6) is 11.5 Å². The van der Waals surface area contributed by atoms with Crippen LogP contribution in [0.15, 0.2) is 27.7 Å². The van der Waals surface area contributed by atoms with Crippen LogP contribution in [-0.4, -0.2) is 32.5 Å². The number of oxazole rings is 1. The number of hydrogen-bond acceptors (Lipinski definition) is 7. The van der Waals surface area contributed by atoms with Gasteiger partial charge >= 0.3 is 0 Å². The van der Waals surface area contributed by atoms with E-state index in [0.717, 1.165) is 5.56 Å². The summed E-state index contributed by atoms with van der Waals surface area (Å²) in [6, 6.07) is 7.47. The lowest BCUT2D eigenvalue weighted by atomic mass is 9.97. The molecule has 0 aliphatic heterocycles. The van der Waals surface area contributed by atoms with Crippen molar-refractivity contribution in [3.8, 4) is 17.6 Å². The van der Waals surface area contributed by atoms with Crippen LogP contribution < -0.4 is 14.5 Å². The number of nitriles is 1. The second kappa shape index (κ2) is 7.26. The van der Waals surface area contributed by atoms with Gasteiger partial charge in [-0.3, -0.25) is 0 Å². The Labute approximate surface area is 147 Å². The summed E-state index contributed by atoms with van der Waals surface area (Å²) in [4.78, 5) is 4.25. The maximum absolute atomic E-state index is 9.29. The van der Waals surface area contributed by atoms with E-state index in [1.54, 1.807) is 33.5 Å². The highest BCUT2D eigenvalue weighted by atomic mass is 16.5. The van der Waals surface area contributed by atoms with Gasteiger partial charge in [-0.2, -0.15) is 15.3 Å². The molecule has 2 rings (SSSR count). The lowest BCUT2D eigenvalue weighted by Crippen LogP contribution is -2.11. The number of nitrogens with zero attached hydrogens (tertiary/aromatic N) is 4. The molecule has 0 N–H and O–H groups in total. The molecule has 0 aliphatic carbocycles. The molecule has 0 aliphatic rings. The number of methoxy groups -OCH3 is 2. The molecule has 0 saturated heterocycles. The Hall–Kier alpha value is -3.01. The normalized spacial score (nSPS) is 11.4. The quantitative estimate of drug-likeness (QED) is 0.612. The minimum atomic E-state index is -0.298. The fourth-order valence-corrected chi connectivity index (χ4v) is 2.05. The van der Waals surface area contributed by atoms with Crippen LogP contribution in [0.4, 0.5) is 5.88 Å². The van der Waals surface area contributed by atoms with Gasteiger partial charge in [-0.15, -0.1) is 0 Å². The first-order valence-electron chi connectivity index (χ1n) is 7.71. The smallest absolute Gasteiger partial charge is 0.254 e. The van der Waals surface area contributed by atoms with E-state index in [2.05, 4.69) is 10.1 Å². The fourth-order valence-electron chi connectivity index (χ4n) is 2.05. The van der Waals surface area contributed by atoms with Crippen molar-refractivity contribution in [2.75, 3.05) is 26.3 Å². The van der Waals surface area contributed by atoms with Crippen LogP contribution >= 0.6 is 0 Å². The lowest BCUT2D eigenvalue weighted by Gasteiger charge is -2.13. The Morgan fingerprint density at radius 3 is 2.56 bits per heavy atom. The van der Waals surface area contributed by atoms with Crippen LogP contribution in [-0.2, 0) is 5.41 Å². The molecular formula is C18H22N4O3. The summed E-state index contributed by atoms with van der Waals surface area (Å²) in [5.74, 6) is 2.11. The molecule has 1 aromatic carbocycles. The maximum atomic E-state index is 9.29. The molecule has 0 unspecified atom stereocenters. The largest absolute Gasteiger partial charge is 0.497 e. The standard InChI is InChI=1S/C18H22N4O3/c1-18(2,3)17-21-14(10-19)16(25-17)22(4)20-11-12-7-8-13(23-5)9-15(12)24-6/h7-9,11H,1-6H3. The van der Waals surface area contributed by atoms with E-state index >= 15 is 0 Å². The first-order valence-corrected chi connectivity index (χ1v) is 7.71. The van der Waals surface area contributed by atoms with Crippen molar-refractivity contribution in [1.82, 2.24) is 4.98 Å². The van der Waals surface area contributed by atoms with Gasteiger partial charge in [0.25, 0.3) is 5.88 Å². The number of rotatable bonds is 5. The van der Waals surface area contributed by atoms with E-state index in [4.69, 9.17) is 13.9 Å². The lowest BCUT2D eigenvalue weighted by molar-refractivity contribution is 0.393. The Balaban J connectivity index is 2.31. The van der Waals surface area contributed by atoms with Crippen LogP contribution in [0.2, 0.25) is 0 Å². The van der Waals surface area contributed by atoms with Crippen molar-refractivity contribution in [3.63, 3.8) is 0 Å². The number of aromatic nitrogens is 1. The van der Waals surface area contributed by atoms with E-state index in [1.165, 1.54) is 5.01 Å². The van der Waals surface area contributed by atoms with E-state index in [1.807, 2.05) is 39.0 Å². The molecule has 0 amide bonds. The van der Waals surface area contributed by atoms with Crippen molar-refractivity contribution in [2.24, 2.45) is 5.10 Å². The summed E-state index contributed by atoms with van der Waals surface area (Å²) in [5.41, 5.74) is 0.670. The van der Waals surface area contributed by atoms with Crippen LogP contribution in [0.1, 0.15) is 37.9 Å². The van der Waals surface area contributed by atoms with Gasteiger partial charge in [0.05, 0.1) is 20.4 Å². The molecule has 0 spiro atoms. The molecular weight excluding hydrogens is 320 g/mol. The molecule has 1 heterocycles. The second-order valence-corrected chi connectivity index (χ2v) is 6.41.